The van der Waals surface area contributed by atoms with Crippen LogP contribution in [0.3, 0.4) is 0 Å². The van der Waals surface area contributed by atoms with Crippen LogP contribution in [0, 0.1) is 0 Å². The number of benzene rings is 3. The largest absolute Gasteiger partial charge is 0.494 e. The summed E-state index contributed by atoms with van der Waals surface area (Å²) in [7, 11) is 0. The standard InChI is InChI=1S/C26H24BrN3O3S/c1-2-33-22-14-12-21(13-15-22)29-26-30(17-18-6-4-3-5-7-18)24(31)16-23(34-26)25(32)28-20-10-8-19(27)9-11-20/h3-15,23H,2,16-17H2,1H3,(H,28,32)/t23-/m0/s1. The molecule has 6 nitrogen and oxygen atoms in total. The fourth-order valence-corrected chi connectivity index (χ4v) is 4.78. The van der Waals surface area contributed by atoms with Crippen LogP contribution in [0.1, 0.15) is 18.9 Å². The molecule has 0 unspecified atom stereocenters. The molecule has 8 heteroatoms. The van der Waals surface area contributed by atoms with Crippen molar-refractivity contribution in [2.24, 2.45) is 4.99 Å². The molecule has 0 saturated carbocycles. The Kier molecular flexibility index (Phi) is 8.03. The summed E-state index contributed by atoms with van der Waals surface area (Å²) in [5, 5.41) is 2.83. The van der Waals surface area contributed by atoms with Gasteiger partial charge in [-0.15, -0.1) is 0 Å². The van der Waals surface area contributed by atoms with Crippen molar-refractivity contribution in [3.8, 4) is 5.75 Å². The number of hydrogen-bond acceptors (Lipinski definition) is 5. The average molecular weight is 538 g/mol. The van der Waals surface area contributed by atoms with Gasteiger partial charge in [0.25, 0.3) is 0 Å². The summed E-state index contributed by atoms with van der Waals surface area (Å²) >= 11 is 4.70. The van der Waals surface area contributed by atoms with Crippen LogP contribution in [0.5, 0.6) is 5.75 Å². The highest BCUT2D eigenvalue weighted by Crippen LogP contribution is 2.31. The minimum absolute atomic E-state index is 0.0994. The van der Waals surface area contributed by atoms with Gasteiger partial charge in [0.15, 0.2) is 5.17 Å². The summed E-state index contributed by atoms with van der Waals surface area (Å²) in [6.07, 6.45) is 0.0994. The van der Waals surface area contributed by atoms with Gasteiger partial charge in [0, 0.05) is 16.6 Å². The maximum Gasteiger partial charge on any atom is 0.238 e. The zero-order valence-corrected chi connectivity index (χ0v) is 21.0. The highest BCUT2D eigenvalue weighted by molar-refractivity contribution is 9.10. The molecule has 4 rings (SSSR count). The van der Waals surface area contributed by atoms with Crippen LogP contribution in [-0.2, 0) is 16.1 Å². The zero-order valence-electron chi connectivity index (χ0n) is 18.6. The molecule has 2 amide bonds. The van der Waals surface area contributed by atoms with Crippen molar-refractivity contribution in [2.45, 2.75) is 25.1 Å². The predicted octanol–water partition coefficient (Wildman–Crippen LogP) is 6.01. The SMILES string of the molecule is CCOc1ccc(N=C2S[C@H](C(=O)Nc3ccc(Br)cc3)CC(=O)N2Cc2ccccc2)cc1. The van der Waals surface area contributed by atoms with Gasteiger partial charge in [-0.25, -0.2) is 4.99 Å². The van der Waals surface area contributed by atoms with Gasteiger partial charge in [-0.1, -0.05) is 58.0 Å². The van der Waals surface area contributed by atoms with Crippen molar-refractivity contribution in [3.05, 3.63) is 88.9 Å². The van der Waals surface area contributed by atoms with Crippen molar-refractivity contribution in [2.75, 3.05) is 11.9 Å². The maximum absolute atomic E-state index is 13.2. The molecule has 0 aromatic heterocycles. The van der Waals surface area contributed by atoms with E-state index in [1.165, 1.54) is 11.8 Å². The highest BCUT2D eigenvalue weighted by atomic mass is 79.9. The van der Waals surface area contributed by atoms with Crippen molar-refractivity contribution < 1.29 is 14.3 Å². The molecule has 3 aromatic rings. The Hall–Kier alpha value is -3.10. The summed E-state index contributed by atoms with van der Waals surface area (Å²) in [4.78, 5) is 32.6. The number of thioether (sulfide) groups is 1. The molecular weight excluding hydrogens is 514 g/mol. The van der Waals surface area contributed by atoms with E-state index in [0.717, 1.165) is 15.8 Å². The van der Waals surface area contributed by atoms with Crippen LogP contribution in [0.15, 0.2) is 88.3 Å². The molecule has 0 aliphatic carbocycles. The Morgan fingerprint density at radius 1 is 1.09 bits per heavy atom. The molecule has 1 aliphatic heterocycles. The number of nitrogens with one attached hydrogen (secondary N) is 1. The minimum Gasteiger partial charge on any atom is -0.494 e. The Morgan fingerprint density at radius 3 is 2.47 bits per heavy atom. The zero-order chi connectivity index (χ0) is 23.9. The second kappa shape index (κ2) is 11.4. The molecule has 1 saturated heterocycles. The number of rotatable bonds is 7. The number of amides is 2. The lowest BCUT2D eigenvalue weighted by atomic mass is 10.2. The average Bonchev–Trinajstić information content (AvgIpc) is 2.84. The second-order valence-corrected chi connectivity index (χ2v) is 9.68. The van der Waals surface area contributed by atoms with Gasteiger partial charge >= 0.3 is 0 Å². The van der Waals surface area contributed by atoms with Crippen LogP contribution < -0.4 is 10.1 Å². The molecule has 0 spiro atoms. The number of nitrogens with zero attached hydrogens (tertiary/aromatic N) is 2. The third-order valence-electron chi connectivity index (χ3n) is 5.10. The second-order valence-electron chi connectivity index (χ2n) is 7.59. The number of hydrogen-bond donors (Lipinski definition) is 1. The molecule has 34 heavy (non-hydrogen) atoms. The van der Waals surface area contributed by atoms with E-state index in [9.17, 15) is 9.59 Å². The Balaban J connectivity index is 1.58. The third kappa shape index (κ3) is 6.27. The van der Waals surface area contributed by atoms with E-state index in [1.807, 2.05) is 85.8 Å². The van der Waals surface area contributed by atoms with Gasteiger partial charge in [0.1, 0.15) is 11.0 Å². The summed E-state index contributed by atoms with van der Waals surface area (Å²) in [5.41, 5.74) is 2.36. The topological polar surface area (TPSA) is 71.0 Å². The van der Waals surface area contributed by atoms with Crippen LogP contribution in [0.25, 0.3) is 0 Å². The quantitative estimate of drug-likeness (QED) is 0.400. The number of halogens is 1. The maximum atomic E-state index is 13.2. The lowest BCUT2D eigenvalue weighted by Crippen LogP contribution is -2.44. The molecule has 1 heterocycles. The number of amidine groups is 1. The molecule has 0 radical (unpaired) electrons. The summed E-state index contributed by atoms with van der Waals surface area (Å²) < 4.78 is 6.43. The normalized spacial score (nSPS) is 17.0. The first-order valence-corrected chi connectivity index (χ1v) is 12.6. The monoisotopic (exact) mass is 537 g/mol. The van der Waals surface area contributed by atoms with Gasteiger partial charge in [-0.3, -0.25) is 14.5 Å². The number of ether oxygens (including phenoxy) is 1. The minimum atomic E-state index is -0.579. The molecule has 1 atom stereocenters. The van der Waals surface area contributed by atoms with E-state index in [1.54, 1.807) is 4.90 Å². The first kappa shape index (κ1) is 24.0. The van der Waals surface area contributed by atoms with Crippen LogP contribution >= 0.6 is 27.7 Å². The molecule has 174 valence electrons. The first-order chi connectivity index (χ1) is 16.5. The molecular formula is C26H24BrN3O3S. The summed E-state index contributed by atoms with van der Waals surface area (Å²) in [6, 6.07) is 24.5. The lowest BCUT2D eigenvalue weighted by molar-refractivity contribution is -0.129. The van der Waals surface area contributed by atoms with Crippen LogP contribution in [0.4, 0.5) is 11.4 Å². The molecule has 1 fully saturated rings. The number of carbonyl (C=O) groups excluding carboxylic acids is 2. The molecule has 1 aliphatic rings. The van der Waals surface area contributed by atoms with E-state index >= 15 is 0 Å². The van der Waals surface area contributed by atoms with E-state index in [-0.39, 0.29) is 18.2 Å². The fraction of sp³-hybridized carbons (Fsp3) is 0.192. The summed E-state index contributed by atoms with van der Waals surface area (Å²) in [5.74, 6) is 0.398. The Labute approximate surface area is 211 Å². The summed E-state index contributed by atoms with van der Waals surface area (Å²) in [6.45, 7) is 2.90. The van der Waals surface area contributed by atoms with Crippen LogP contribution in [0.2, 0.25) is 0 Å². The Morgan fingerprint density at radius 2 is 1.79 bits per heavy atom. The molecule has 1 N–H and O–H groups in total. The molecule has 3 aromatic carbocycles. The predicted molar refractivity (Wildman–Crippen MR) is 140 cm³/mol. The number of carbonyl (C=O) groups is 2. The van der Waals surface area contributed by atoms with Gasteiger partial charge in [-0.2, -0.15) is 0 Å². The number of anilines is 1. The fourth-order valence-electron chi connectivity index (χ4n) is 3.41. The van der Waals surface area contributed by atoms with Gasteiger partial charge in [-0.05, 0) is 61.0 Å². The van der Waals surface area contributed by atoms with Gasteiger partial charge in [0.2, 0.25) is 11.8 Å². The van der Waals surface area contributed by atoms with Crippen LogP contribution in [-0.4, -0.2) is 33.7 Å². The Bertz CT molecular complexity index is 1170. The van der Waals surface area contributed by atoms with Gasteiger partial charge in [0.05, 0.1) is 18.8 Å². The lowest BCUT2D eigenvalue weighted by Gasteiger charge is -2.32. The highest BCUT2D eigenvalue weighted by Gasteiger charge is 2.36. The third-order valence-corrected chi connectivity index (χ3v) is 6.82. The first-order valence-electron chi connectivity index (χ1n) is 10.9. The van der Waals surface area contributed by atoms with Crippen molar-refractivity contribution in [1.82, 2.24) is 4.90 Å². The van der Waals surface area contributed by atoms with E-state index < -0.39 is 5.25 Å². The van der Waals surface area contributed by atoms with Gasteiger partial charge < -0.3 is 10.1 Å². The molecule has 0 bridgehead atoms. The number of aliphatic imine (C=N–C) groups is 1. The van der Waals surface area contributed by atoms with Crippen molar-refractivity contribution in [1.29, 1.82) is 0 Å². The van der Waals surface area contributed by atoms with E-state index in [2.05, 4.69) is 21.2 Å². The van der Waals surface area contributed by atoms with E-state index in [0.29, 0.717) is 29.7 Å². The van der Waals surface area contributed by atoms with Crippen molar-refractivity contribution >= 4 is 56.0 Å². The van der Waals surface area contributed by atoms with Crippen molar-refractivity contribution in [3.63, 3.8) is 0 Å². The smallest absolute Gasteiger partial charge is 0.238 e. The van der Waals surface area contributed by atoms with E-state index in [4.69, 9.17) is 9.73 Å².